The number of halogens is 2. The minimum Gasteiger partial charge on any atom is -0.242 e. The Morgan fingerprint density at radius 3 is 2.48 bits per heavy atom. The number of hydrogen-bond acceptors (Lipinski definition) is 4. The summed E-state index contributed by atoms with van der Waals surface area (Å²) in [5.41, 5.74) is 2.47. The van der Waals surface area contributed by atoms with Crippen molar-refractivity contribution in [2.45, 2.75) is 6.92 Å². The topological polar surface area (TPSA) is 51.6 Å². The molecule has 0 atom stereocenters. The Hall–Kier alpha value is -1.60. The van der Waals surface area contributed by atoms with E-state index < -0.39 is 0 Å². The summed E-state index contributed by atoms with van der Waals surface area (Å²) in [7, 11) is 0. The van der Waals surface area contributed by atoms with Crippen LogP contribution in [0.3, 0.4) is 0 Å². The SMILES string of the molecule is Cc1nccc(-c2nc(Cl)c(I)c(-c3ccccc3)n2)n1. The number of hydrogen-bond donors (Lipinski definition) is 0. The molecule has 0 bridgehead atoms. The number of rotatable bonds is 2. The number of aromatic nitrogens is 4. The third-order valence-corrected chi connectivity index (χ3v) is 4.48. The van der Waals surface area contributed by atoms with Crippen molar-refractivity contribution in [1.82, 2.24) is 19.9 Å². The number of aryl methyl sites for hydroxylation is 1. The Kier molecular flexibility index (Phi) is 4.12. The molecule has 2 aromatic heterocycles. The lowest BCUT2D eigenvalue weighted by molar-refractivity contribution is 1.03. The minimum atomic E-state index is 0.427. The number of benzene rings is 1. The molecule has 0 N–H and O–H groups in total. The smallest absolute Gasteiger partial charge is 0.180 e. The number of nitrogens with zero attached hydrogens (tertiary/aromatic N) is 4. The van der Waals surface area contributed by atoms with Crippen LogP contribution in [0.1, 0.15) is 5.82 Å². The lowest BCUT2D eigenvalue weighted by atomic mass is 10.1. The molecule has 0 saturated heterocycles. The first-order chi connectivity index (χ1) is 10.1. The van der Waals surface area contributed by atoms with E-state index in [0.717, 1.165) is 14.8 Å². The van der Waals surface area contributed by atoms with Crippen LogP contribution < -0.4 is 0 Å². The fourth-order valence-corrected chi connectivity index (χ4v) is 2.62. The van der Waals surface area contributed by atoms with Crippen LogP contribution >= 0.6 is 34.2 Å². The average molecular weight is 409 g/mol. The van der Waals surface area contributed by atoms with Crippen LogP contribution in [0.5, 0.6) is 0 Å². The molecule has 0 fully saturated rings. The largest absolute Gasteiger partial charge is 0.242 e. The van der Waals surface area contributed by atoms with Crippen LogP contribution in [0.25, 0.3) is 22.8 Å². The van der Waals surface area contributed by atoms with Crippen molar-refractivity contribution in [2.24, 2.45) is 0 Å². The molecule has 1 aromatic carbocycles. The summed E-state index contributed by atoms with van der Waals surface area (Å²) in [6.45, 7) is 1.83. The predicted molar refractivity (Wildman–Crippen MR) is 91.0 cm³/mol. The maximum Gasteiger partial charge on any atom is 0.180 e. The van der Waals surface area contributed by atoms with Gasteiger partial charge in [-0.2, -0.15) is 0 Å². The highest BCUT2D eigenvalue weighted by Gasteiger charge is 2.14. The van der Waals surface area contributed by atoms with Gasteiger partial charge in [0.15, 0.2) is 5.82 Å². The molecule has 0 radical (unpaired) electrons. The van der Waals surface area contributed by atoms with Gasteiger partial charge in [-0.1, -0.05) is 41.9 Å². The molecule has 4 nitrogen and oxygen atoms in total. The highest BCUT2D eigenvalue weighted by Crippen LogP contribution is 2.29. The van der Waals surface area contributed by atoms with E-state index in [1.165, 1.54) is 0 Å². The Balaban J connectivity index is 2.19. The third kappa shape index (κ3) is 3.03. The molecule has 0 saturated carbocycles. The standard InChI is InChI=1S/C15H10ClIN4/c1-9-18-8-7-11(19-9)15-20-13(12(17)14(16)21-15)10-5-3-2-4-6-10/h2-8H,1H3. The van der Waals surface area contributed by atoms with E-state index in [2.05, 4.69) is 42.5 Å². The first kappa shape index (κ1) is 14.3. The van der Waals surface area contributed by atoms with Crippen molar-refractivity contribution in [3.63, 3.8) is 0 Å². The lowest BCUT2D eigenvalue weighted by Gasteiger charge is -2.08. The van der Waals surface area contributed by atoms with Crippen molar-refractivity contribution >= 4 is 34.2 Å². The van der Waals surface area contributed by atoms with Crippen molar-refractivity contribution in [3.8, 4) is 22.8 Å². The van der Waals surface area contributed by atoms with Crippen LogP contribution in [-0.2, 0) is 0 Å². The Morgan fingerprint density at radius 2 is 1.76 bits per heavy atom. The van der Waals surface area contributed by atoms with Crippen LogP contribution in [-0.4, -0.2) is 19.9 Å². The molecule has 0 aliphatic heterocycles. The average Bonchev–Trinajstić information content (AvgIpc) is 2.51. The van der Waals surface area contributed by atoms with Crippen LogP contribution in [0.2, 0.25) is 5.15 Å². The van der Waals surface area contributed by atoms with E-state index in [0.29, 0.717) is 22.5 Å². The first-order valence-corrected chi connectivity index (χ1v) is 7.69. The maximum absolute atomic E-state index is 6.26. The van der Waals surface area contributed by atoms with Gasteiger partial charge in [-0.3, -0.25) is 0 Å². The van der Waals surface area contributed by atoms with Gasteiger partial charge in [-0.25, -0.2) is 19.9 Å². The molecule has 0 amide bonds. The van der Waals surface area contributed by atoms with Gasteiger partial charge >= 0.3 is 0 Å². The molecule has 104 valence electrons. The molecule has 0 aliphatic carbocycles. The highest BCUT2D eigenvalue weighted by atomic mass is 127. The molecule has 6 heteroatoms. The van der Waals surface area contributed by atoms with E-state index >= 15 is 0 Å². The summed E-state index contributed by atoms with van der Waals surface area (Å²) in [4.78, 5) is 17.4. The van der Waals surface area contributed by atoms with Crippen LogP contribution in [0.4, 0.5) is 0 Å². The lowest BCUT2D eigenvalue weighted by Crippen LogP contribution is -1.99. The molecular formula is C15H10ClIN4. The summed E-state index contributed by atoms with van der Waals surface area (Å²) in [5.74, 6) is 1.18. The van der Waals surface area contributed by atoms with Gasteiger partial charge in [0.1, 0.15) is 16.7 Å². The fourth-order valence-electron chi connectivity index (χ4n) is 1.90. The zero-order valence-electron chi connectivity index (χ0n) is 11.1. The second-order valence-electron chi connectivity index (χ2n) is 4.36. The van der Waals surface area contributed by atoms with Gasteiger partial charge in [0.05, 0.1) is 9.26 Å². The quantitative estimate of drug-likeness (QED) is 0.472. The Labute approximate surface area is 140 Å². The fraction of sp³-hybridized carbons (Fsp3) is 0.0667. The highest BCUT2D eigenvalue weighted by molar-refractivity contribution is 14.1. The molecule has 21 heavy (non-hydrogen) atoms. The summed E-state index contributed by atoms with van der Waals surface area (Å²) < 4.78 is 0.829. The molecule has 0 spiro atoms. The van der Waals surface area contributed by atoms with Crippen molar-refractivity contribution in [1.29, 1.82) is 0 Å². The van der Waals surface area contributed by atoms with Crippen LogP contribution in [0, 0.1) is 10.5 Å². The predicted octanol–water partition coefficient (Wildman–Crippen LogP) is 4.17. The molecule has 3 aromatic rings. The first-order valence-electron chi connectivity index (χ1n) is 6.23. The second-order valence-corrected chi connectivity index (χ2v) is 5.79. The zero-order chi connectivity index (χ0) is 14.8. The summed E-state index contributed by atoms with van der Waals surface area (Å²) >= 11 is 8.42. The van der Waals surface area contributed by atoms with Gasteiger partial charge in [-0.05, 0) is 35.6 Å². The Bertz CT molecular complexity index is 793. The minimum absolute atomic E-state index is 0.427. The summed E-state index contributed by atoms with van der Waals surface area (Å²) in [6.07, 6.45) is 1.69. The van der Waals surface area contributed by atoms with Gasteiger partial charge in [-0.15, -0.1) is 0 Å². The molecule has 2 heterocycles. The summed E-state index contributed by atoms with van der Waals surface area (Å²) in [5, 5.41) is 0.427. The Morgan fingerprint density at radius 1 is 1.00 bits per heavy atom. The van der Waals surface area contributed by atoms with E-state index in [1.807, 2.05) is 37.3 Å². The molecular weight excluding hydrogens is 399 g/mol. The monoisotopic (exact) mass is 408 g/mol. The van der Waals surface area contributed by atoms with Crippen LogP contribution in [0.15, 0.2) is 42.6 Å². The molecule has 3 rings (SSSR count). The normalized spacial score (nSPS) is 10.6. The van der Waals surface area contributed by atoms with E-state index in [4.69, 9.17) is 11.6 Å². The van der Waals surface area contributed by atoms with Crippen molar-refractivity contribution in [3.05, 3.63) is 57.1 Å². The maximum atomic E-state index is 6.26. The van der Waals surface area contributed by atoms with Crippen molar-refractivity contribution in [2.75, 3.05) is 0 Å². The molecule has 0 aliphatic rings. The molecule has 0 unspecified atom stereocenters. The van der Waals surface area contributed by atoms with Gasteiger partial charge in [0, 0.05) is 11.8 Å². The van der Waals surface area contributed by atoms with E-state index in [1.54, 1.807) is 12.3 Å². The second kappa shape index (κ2) is 6.03. The van der Waals surface area contributed by atoms with Gasteiger partial charge < -0.3 is 0 Å². The van der Waals surface area contributed by atoms with Gasteiger partial charge in [0.25, 0.3) is 0 Å². The van der Waals surface area contributed by atoms with Gasteiger partial charge in [0.2, 0.25) is 0 Å². The van der Waals surface area contributed by atoms with E-state index in [-0.39, 0.29) is 0 Å². The summed E-state index contributed by atoms with van der Waals surface area (Å²) in [6, 6.07) is 11.7. The zero-order valence-corrected chi connectivity index (χ0v) is 14.0. The third-order valence-electron chi connectivity index (χ3n) is 2.86. The van der Waals surface area contributed by atoms with Crippen molar-refractivity contribution < 1.29 is 0 Å². The van der Waals surface area contributed by atoms with E-state index in [9.17, 15) is 0 Å².